The van der Waals surface area contributed by atoms with Crippen molar-refractivity contribution in [1.29, 1.82) is 0 Å². The molecule has 1 rings (SSSR count). The van der Waals surface area contributed by atoms with E-state index < -0.39 is 12.0 Å². The zero-order chi connectivity index (χ0) is 14.4. The van der Waals surface area contributed by atoms with Gasteiger partial charge in [-0.3, -0.25) is 4.79 Å². The fourth-order valence-corrected chi connectivity index (χ4v) is 2.93. The third kappa shape index (κ3) is 4.20. The molecule has 1 fully saturated rings. The maximum Gasteiger partial charge on any atom is 0.328 e. The van der Waals surface area contributed by atoms with Crippen molar-refractivity contribution in [2.45, 2.75) is 58.0 Å². The molecule has 3 N–H and O–H groups in total. The van der Waals surface area contributed by atoms with Gasteiger partial charge in [0.2, 0.25) is 5.91 Å². The first kappa shape index (κ1) is 16.0. The lowest BCUT2D eigenvalue weighted by atomic mass is 9.75. The molecule has 1 aliphatic carbocycles. The lowest BCUT2D eigenvalue weighted by Gasteiger charge is -2.34. The van der Waals surface area contributed by atoms with E-state index >= 15 is 0 Å². The molecule has 1 aliphatic rings. The number of hydrogen-bond donors (Lipinski definition) is 2. The number of nitrogens with one attached hydrogen (secondary N) is 1. The van der Waals surface area contributed by atoms with Crippen molar-refractivity contribution in [2.24, 2.45) is 17.6 Å². The van der Waals surface area contributed by atoms with Crippen LogP contribution >= 0.6 is 0 Å². The first-order valence-corrected chi connectivity index (χ1v) is 7.15. The molecule has 0 aromatic heterocycles. The SMILES string of the molecule is CCC(C(=O)NC(C)C(=O)OC)C1CCCCC1N. The van der Waals surface area contributed by atoms with Gasteiger partial charge in [-0.1, -0.05) is 19.8 Å². The highest BCUT2D eigenvalue weighted by Crippen LogP contribution is 2.31. The van der Waals surface area contributed by atoms with Gasteiger partial charge in [0.05, 0.1) is 7.11 Å². The van der Waals surface area contributed by atoms with E-state index in [9.17, 15) is 9.59 Å². The minimum atomic E-state index is -0.605. The molecule has 0 spiro atoms. The van der Waals surface area contributed by atoms with Crippen LogP contribution in [0.25, 0.3) is 0 Å². The average Bonchev–Trinajstić information content (AvgIpc) is 2.40. The van der Waals surface area contributed by atoms with E-state index in [-0.39, 0.29) is 23.8 Å². The highest BCUT2D eigenvalue weighted by molar-refractivity contribution is 5.85. The smallest absolute Gasteiger partial charge is 0.328 e. The minimum absolute atomic E-state index is 0.0808. The monoisotopic (exact) mass is 270 g/mol. The summed E-state index contributed by atoms with van der Waals surface area (Å²) in [4.78, 5) is 23.6. The van der Waals surface area contributed by atoms with E-state index in [1.165, 1.54) is 7.11 Å². The van der Waals surface area contributed by atoms with Gasteiger partial charge in [-0.05, 0) is 32.1 Å². The van der Waals surface area contributed by atoms with Gasteiger partial charge in [-0.2, -0.15) is 0 Å². The lowest BCUT2D eigenvalue weighted by Crippen LogP contribution is -2.48. The van der Waals surface area contributed by atoms with E-state index in [4.69, 9.17) is 5.73 Å². The van der Waals surface area contributed by atoms with E-state index in [0.717, 1.165) is 32.1 Å². The molecule has 0 aromatic rings. The number of nitrogens with two attached hydrogens (primary N) is 1. The Morgan fingerprint density at radius 2 is 2.00 bits per heavy atom. The fourth-order valence-electron chi connectivity index (χ4n) is 2.93. The second kappa shape index (κ2) is 7.48. The van der Waals surface area contributed by atoms with Crippen molar-refractivity contribution in [2.75, 3.05) is 7.11 Å². The number of carbonyl (C=O) groups excluding carboxylic acids is 2. The van der Waals surface area contributed by atoms with Crippen molar-refractivity contribution >= 4 is 11.9 Å². The van der Waals surface area contributed by atoms with Gasteiger partial charge in [0.15, 0.2) is 0 Å². The Labute approximate surface area is 115 Å². The number of ether oxygens (including phenoxy) is 1. The van der Waals surface area contributed by atoms with Gasteiger partial charge < -0.3 is 15.8 Å². The number of methoxy groups -OCH3 is 1. The van der Waals surface area contributed by atoms with Crippen LogP contribution in [0.3, 0.4) is 0 Å². The Hall–Kier alpha value is -1.10. The maximum atomic E-state index is 12.3. The normalized spacial score (nSPS) is 26.3. The second-order valence-corrected chi connectivity index (χ2v) is 5.38. The molecule has 1 amide bonds. The molecule has 0 saturated heterocycles. The summed E-state index contributed by atoms with van der Waals surface area (Å²) >= 11 is 0. The molecule has 5 nitrogen and oxygen atoms in total. The van der Waals surface area contributed by atoms with Crippen molar-refractivity contribution in [1.82, 2.24) is 5.32 Å². The van der Waals surface area contributed by atoms with Crippen molar-refractivity contribution < 1.29 is 14.3 Å². The van der Waals surface area contributed by atoms with Crippen molar-refractivity contribution in [3.63, 3.8) is 0 Å². The van der Waals surface area contributed by atoms with Crippen LogP contribution in [-0.2, 0) is 14.3 Å². The minimum Gasteiger partial charge on any atom is -0.467 e. The maximum absolute atomic E-state index is 12.3. The molecular weight excluding hydrogens is 244 g/mol. The van der Waals surface area contributed by atoms with Crippen LogP contribution in [0.15, 0.2) is 0 Å². The van der Waals surface area contributed by atoms with Crippen LogP contribution < -0.4 is 11.1 Å². The Balaban J connectivity index is 2.63. The van der Waals surface area contributed by atoms with E-state index in [2.05, 4.69) is 10.1 Å². The van der Waals surface area contributed by atoms with E-state index in [0.29, 0.717) is 0 Å². The van der Waals surface area contributed by atoms with Gasteiger partial charge in [0.1, 0.15) is 6.04 Å². The predicted molar refractivity (Wildman–Crippen MR) is 73.3 cm³/mol. The molecule has 4 atom stereocenters. The molecule has 1 saturated carbocycles. The summed E-state index contributed by atoms with van der Waals surface area (Å²) in [5, 5.41) is 2.73. The summed E-state index contributed by atoms with van der Waals surface area (Å²) in [5.41, 5.74) is 6.14. The predicted octanol–water partition coefficient (Wildman–Crippen LogP) is 1.21. The van der Waals surface area contributed by atoms with Crippen LogP contribution in [0, 0.1) is 11.8 Å². The molecule has 110 valence electrons. The quantitative estimate of drug-likeness (QED) is 0.736. The Morgan fingerprint density at radius 1 is 1.37 bits per heavy atom. The standard InChI is InChI=1S/C14H26N2O3/c1-4-10(11-7-5-6-8-12(11)15)13(17)16-9(2)14(18)19-3/h9-12H,4-8,15H2,1-3H3,(H,16,17). The zero-order valence-electron chi connectivity index (χ0n) is 12.1. The molecule has 4 unspecified atom stereocenters. The molecule has 0 heterocycles. The third-order valence-corrected chi connectivity index (χ3v) is 4.08. The highest BCUT2D eigenvalue weighted by Gasteiger charge is 2.34. The van der Waals surface area contributed by atoms with Gasteiger partial charge in [-0.25, -0.2) is 4.79 Å². The Kier molecular flexibility index (Phi) is 6.28. The van der Waals surface area contributed by atoms with Gasteiger partial charge >= 0.3 is 5.97 Å². The molecule has 0 bridgehead atoms. The summed E-state index contributed by atoms with van der Waals surface area (Å²) in [6.45, 7) is 3.63. The topological polar surface area (TPSA) is 81.4 Å². The van der Waals surface area contributed by atoms with Gasteiger partial charge in [0.25, 0.3) is 0 Å². The first-order valence-electron chi connectivity index (χ1n) is 7.15. The number of amides is 1. The highest BCUT2D eigenvalue weighted by atomic mass is 16.5. The molecule has 5 heteroatoms. The van der Waals surface area contributed by atoms with Crippen LogP contribution in [0.4, 0.5) is 0 Å². The average molecular weight is 270 g/mol. The zero-order valence-corrected chi connectivity index (χ0v) is 12.1. The molecule has 0 aromatic carbocycles. The molecule has 0 aliphatic heterocycles. The number of rotatable bonds is 5. The summed E-state index contributed by atoms with van der Waals surface area (Å²) in [6, 6.07) is -0.510. The van der Waals surface area contributed by atoms with Crippen LogP contribution in [0.5, 0.6) is 0 Å². The van der Waals surface area contributed by atoms with Crippen LogP contribution in [0.1, 0.15) is 46.0 Å². The Bertz CT molecular complexity index is 320. The third-order valence-electron chi connectivity index (χ3n) is 4.08. The summed E-state index contributed by atoms with van der Waals surface area (Å²) < 4.78 is 4.61. The number of esters is 1. The first-order chi connectivity index (χ1) is 9.01. The largest absolute Gasteiger partial charge is 0.467 e. The van der Waals surface area contributed by atoms with E-state index in [1.807, 2.05) is 6.92 Å². The Morgan fingerprint density at radius 3 is 2.53 bits per heavy atom. The van der Waals surface area contributed by atoms with Gasteiger partial charge in [-0.15, -0.1) is 0 Å². The molecular formula is C14H26N2O3. The van der Waals surface area contributed by atoms with Gasteiger partial charge in [0, 0.05) is 12.0 Å². The van der Waals surface area contributed by atoms with E-state index in [1.54, 1.807) is 6.92 Å². The van der Waals surface area contributed by atoms with Crippen molar-refractivity contribution in [3.8, 4) is 0 Å². The summed E-state index contributed by atoms with van der Waals surface area (Å²) in [6.07, 6.45) is 5.02. The fraction of sp³-hybridized carbons (Fsp3) is 0.857. The summed E-state index contributed by atoms with van der Waals surface area (Å²) in [5.74, 6) is -0.384. The number of carbonyl (C=O) groups is 2. The molecule has 0 radical (unpaired) electrons. The second-order valence-electron chi connectivity index (χ2n) is 5.38. The molecule has 19 heavy (non-hydrogen) atoms. The lowest BCUT2D eigenvalue weighted by molar-refractivity contribution is -0.145. The van der Waals surface area contributed by atoms with Crippen LogP contribution in [0.2, 0.25) is 0 Å². The summed E-state index contributed by atoms with van der Waals surface area (Å²) in [7, 11) is 1.32. The van der Waals surface area contributed by atoms with Crippen molar-refractivity contribution in [3.05, 3.63) is 0 Å². The number of hydrogen-bond acceptors (Lipinski definition) is 4. The van der Waals surface area contributed by atoms with Crippen LogP contribution in [-0.4, -0.2) is 31.1 Å².